The summed E-state index contributed by atoms with van der Waals surface area (Å²) in [5, 5.41) is 9.48. The van der Waals surface area contributed by atoms with E-state index in [4.69, 9.17) is 4.74 Å². The smallest absolute Gasteiger partial charge is 0.265 e. The second-order valence-electron chi connectivity index (χ2n) is 7.52. The number of hydrogen-bond acceptors (Lipinski definition) is 5. The lowest BCUT2D eigenvalue weighted by molar-refractivity contribution is -0.122. The molecule has 164 valence electrons. The van der Waals surface area contributed by atoms with Gasteiger partial charge >= 0.3 is 0 Å². The van der Waals surface area contributed by atoms with Gasteiger partial charge < -0.3 is 25.6 Å². The van der Waals surface area contributed by atoms with Crippen LogP contribution in [0.1, 0.15) is 19.3 Å². The molecular weight excluding hydrogens is 384 g/mol. The highest BCUT2D eigenvalue weighted by Crippen LogP contribution is 2.31. The monoisotopic (exact) mass is 416 g/mol. The summed E-state index contributed by atoms with van der Waals surface area (Å²) >= 11 is 0. The number of carbonyl (C=O) groups is 2. The normalized spacial score (nSPS) is 17.9. The largest absolute Gasteiger partial charge is 0.482 e. The van der Waals surface area contributed by atoms with Gasteiger partial charge in [-0.25, -0.2) is 0 Å². The van der Waals surface area contributed by atoms with Gasteiger partial charge in [0.1, 0.15) is 5.75 Å². The van der Waals surface area contributed by atoms with Crippen LogP contribution in [-0.4, -0.2) is 82.1 Å². The third-order valence-electron chi connectivity index (χ3n) is 5.46. The first-order valence-electron chi connectivity index (χ1n) is 10.5. The highest BCUT2D eigenvalue weighted by atomic mass is 16.5. The quantitative estimate of drug-likeness (QED) is 0.333. The molecule has 1 aromatic rings. The van der Waals surface area contributed by atoms with Gasteiger partial charge in [0.05, 0.1) is 12.2 Å². The zero-order chi connectivity index (χ0) is 21.3. The topological polar surface area (TPSA) is 98.3 Å². The number of piperidine rings is 1. The number of amides is 2. The molecule has 9 nitrogen and oxygen atoms in total. The Morgan fingerprint density at radius 2 is 2.03 bits per heavy atom. The Morgan fingerprint density at radius 3 is 2.77 bits per heavy atom. The minimum atomic E-state index is -0.0141. The van der Waals surface area contributed by atoms with Crippen molar-refractivity contribution in [2.24, 2.45) is 4.99 Å². The van der Waals surface area contributed by atoms with Crippen LogP contribution in [-0.2, 0) is 9.59 Å². The Labute approximate surface area is 177 Å². The molecule has 30 heavy (non-hydrogen) atoms. The first-order valence-corrected chi connectivity index (χ1v) is 10.5. The fraction of sp³-hybridized carbons (Fsp3) is 0.571. The molecule has 0 bridgehead atoms. The van der Waals surface area contributed by atoms with E-state index in [2.05, 4.69) is 25.8 Å². The van der Waals surface area contributed by atoms with Gasteiger partial charge in [-0.15, -0.1) is 0 Å². The van der Waals surface area contributed by atoms with E-state index in [9.17, 15) is 9.59 Å². The molecule has 9 heteroatoms. The highest BCUT2D eigenvalue weighted by Gasteiger charge is 2.25. The molecule has 3 rings (SSSR count). The molecule has 2 aliphatic rings. The van der Waals surface area contributed by atoms with E-state index in [0.717, 1.165) is 49.7 Å². The molecule has 2 aliphatic heterocycles. The van der Waals surface area contributed by atoms with Crippen LogP contribution in [0.5, 0.6) is 5.75 Å². The number of nitrogens with zero attached hydrogens (tertiary/aromatic N) is 3. The fourth-order valence-corrected chi connectivity index (χ4v) is 3.75. The van der Waals surface area contributed by atoms with Crippen LogP contribution in [0, 0.1) is 0 Å². The Morgan fingerprint density at radius 1 is 1.27 bits per heavy atom. The predicted octanol–water partition coefficient (Wildman–Crippen LogP) is 0.178. The fourth-order valence-electron chi connectivity index (χ4n) is 3.75. The van der Waals surface area contributed by atoms with Crippen LogP contribution in [0.3, 0.4) is 0 Å². The van der Waals surface area contributed by atoms with Crippen LogP contribution in [0.2, 0.25) is 0 Å². The van der Waals surface area contributed by atoms with Gasteiger partial charge in [-0.3, -0.25) is 19.5 Å². The van der Waals surface area contributed by atoms with Gasteiger partial charge in [-0.1, -0.05) is 12.1 Å². The lowest BCUT2D eigenvalue weighted by Gasteiger charge is -2.32. The van der Waals surface area contributed by atoms with Crippen molar-refractivity contribution < 1.29 is 14.3 Å². The second-order valence-corrected chi connectivity index (χ2v) is 7.52. The van der Waals surface area contributed by atoms with E-state index in [1.165, 1.54) is 0 Å². The number of anilines is 1. The summed E-state index contributed by atoms with van der Waals surface area (Å²) in [5.74, 6) is 1.57. The van der Waals surface area contributed by atoms with Gasteiger partial charge in [-0.2, -0.15) is 0 Å². The second kappa shape index (κ2) is 10.8. The average molecular weight is 417 g/mol. The summed E-state index contributed by atoms with van der Waals surface area (Å²) in [6.07, 6.45) is 2.73. The predicted molar refractivity (Wildman–Crippen MR) is 117 cm³/mol. The standard InChI is InChI=1S/C21H32N6O3/c1-22-19(28)14-26-12-8-16(9-13-26)25-21(23-2)24-10-5-11-27-17-6-3-4-7-18(17)30-15-20(27)29/h3-4,6-7,16H,5,8-15H2,1-2H3,(H,22,28)(H2,23,24,25). The number of nitrogens with one attached hydrogen (secondary N) is 3. The Kier molecular flexibility index (Phi) is 7.89. The Bertz CT molecular complexity index is 761. The maximum Gasteiger partial charge on any atom is 0.265 e. The van der Waals surface area contributed by atoms with E-state index >= 15 is 0 Å². The summed E-state index contributed by atoms with van der Waals surface area (Å²) in [5.41, 5.74) is 0.833. The van der Waals surface area contributed by atoms with Crippen LogP contribution in [0.25, 0.3) is 0 Å². The van der Waals surface area contributed by atoms with E-state index in [1.807, 2.05) is 24.3 Å². The first-order chi connectivity index (χ1) is 14.6. The maximum atomic E-state index is 12.2. The van der Waals surface area contributed by atoms with Crippen molar-refractivity contribution in [2.75, 3.05) is 58.3 Å². The average Bonchev–Trinajstić information content (AvgIpc) is 2.78. The molecule has 2 heterocycles. The Balaban J connectivity index is 1.38. The molecule has 1 fully saturated rings. The van der Waals surface area contributed by atoms with Crippen molar-refractivity contribution in [3.8, 4) is 5.75 Å². The number of ether oxygens (including phenoxy) is 1. The summed E-state index contributed by atoms with van der Waals surface area (Å²) in [6.45, 7) is 3.66. The zero-order valence-electron chi connectivity index (χ0n) is 17.8. The number of likely N-dealkylation sites (N-methyl/N-ethyl adjacent to an activating group) is 1. The minimum absolute atomic E-state index is 0.0141. The van der Waals surface area contributed by atoms with Crippen LogP contribution in [0.15, 0.2) is 29.3 Å². The summed E-state index contributed by atoms with van der Waals surface area (Å²) in [7, 11) is 3.43. The molecule has 1 saturated heterocycles. The number of guanidine groups is 1. The van der Waals surface area contributed by atoms with E-state index in [1.54, 1.807) is 19.0 Å². The van der Waals surface area contributed by atoms with Crippen molar-refractivity contribution in [2.45, 2.75) is 25.3 Å². The van der Waals surface area contributed by atoms with Crippen LogP contribution >= 0.6 is 0 Å². The van der Waals surface area contributed by atoms with Crippen molar-refractivity contribution in [3.05, 3.63) is 24.3 Å². The number of aliphatic imine (C=N–C) groups is 1. The van der Waals surface area contributed by atoms with Gasteiger partial charge in [0, 0.05) is 46.3 Å². The minimum Gasteiger partial charge on any atom is -0.482 e. The van der Waals surface area contributed by atoms with Crippen molar-refractivity contribution in [3.63, 3.8) is 0 Å². The number of fused-ring (bicyclic) bond motifs is 1. The molecule has 0 aromatic heterocycles. The third kappa shape index (κ3) is 5.85. The van der Waals surface area contributed by atoms with E-state index < -0.39 is 0 Å². The number of para-hydroxylation sites is 2. The molecule has 2 amide bonds. The molecule has 0 unspecified atom stereocenters. The number of benzene rings is 1. The molecule has 0 saturated carbocycles. The summed E-state index contributed by atoms with van der Waals surface area (Å²) in [4.78, 5) is 32.0. The third-order valence-corrected chi connectivity index (χ3v) is 5.46. The Hall–Kier alpha value is -2.81. The molecule has 1 aromatic carbocycles. The molecule has 0 atom stereocenters. The van der Waals surface area contributed by atoms with Crippen molar-refractivity contribution >= 4 is 23.5 Å². The number of hydrogen-bond donors (Lipinski definition) is 3. The molecule has 0 aliphatic carbocycles. The van der Waals surface area contributed by atoms with Gasteiger partial charge in [0.25, 0.3) is 5.91 Å². The maximum absolute atomic E-state index is 12.2. The molecule has 0 spiro atoms. The summed E-state index contributed by atoms with van der Waals surface area (Å²) < 4.78 is 5.49. The number of rotatable bonds is 7. The first kappa shape index (κ1) is 21.9. The van der Waals surface area contributed by atoms with Crippen LogP contribution < -0.4 is 25.6 Å². The van der Waals surface area contributed by atoms with Gasteiger partial charge in [0.15, 0.2) is 12.6 Å². The lowest BCUT2D eigenvalue weighted by Crippen LogP contribution is -2.50. The summed E-state index contributed by atoms with van der Waals surface area (Å²) in [6, 6.07) is 7.96. The molecule has 3 N–H and O–H groups in total. The lowest BCUT2D eigenvalue weighted by atomic mass is 10.1. The highest BCUT2D eigenvalue weighted by molar-refractivity contribution is 5.97. The molecular formula is C21H32N6O3. The van der Waals surface area contributed by atoms with Gasteiger partial charge in [-0.05, 0) is 31.4 Å². The SMILES string of the molecule is CN=C(NCCCN1C(=O)COc2ccccc21)NC1CCN(CC(=O)NC)CC1. The van der Waals surface area contributed by atoms with Gasteiger partial charge in [0.2, 0.25) is 5.91 Å². The van der Waals surface area contributed by atoms with E-state index in [-0.39, 0.29) is 18.4 Å². The number of carbonyl (C=O) groups excluding carboxylic acids is 2. The van der Waals surface area contributed by atoms with Crippen molar-refractivity contribution in [1.82, 2.24) is 20.9 Å². The molecule has 0 radical (unpaired) electrons. The number of likely N-dealkylation sites (tertiary alicyclic amines) is 1. The van der Waals surface area contributed by atoms with E-state index in [0.29, 0.717) is 25.7 Å². The zero-order valence-corrected chi connectivity index (χ0v) is 17.8. The van der Waals surface area contributed by atoms with Crippen LogP contribution in [0.4, 0.5) is 5.69 Å². The van der Waals surface area contributed by atoms with Crippen molar-refractivity contribution in [1.29, 1.82) is 0 Å².